The molecule has 0 atom stereocenters. The molecule has 0 aromatic heterocycles. The maximum Gasteiger partial charge on any atom is 0.225 e. The molecule has 0 rings (SSSR count). The molecule has 0 heterocycles. The lowest BCUT2D eigenvalue weighted by Crippen LogP contribution is -2.42. The van der Waals surface area contributed by atoms with Crippen molar-refractivity contribution in [2.75, 3.05) is 13.1 Å². The number of amides is 1. The lowest BCUT2D eigenvalue weighted by atomic mass is 9.85. The number of nitrogens with one attached hydrogen (secondary N) is 1. The fourth-order valence-corrected chi connectivity index (χ4v) is 1.80. The van der Waals surface area contributed by atoms with Crippen molar-refractivity contribution in [2.24, 2.45) is 16.6 Å². The van der Waals surface area contributed by atoms with Gasteiger partial charge in [-0.3, -0.25) is 4.79 Å². The van der Waals surface area contributed by atoms with Gasteiger partial charge < -0.3 is 11.1 Å². The van der Waals surface area contributed by atoms with E-state index in [4.69, 9.17) is 5.73 Å². The predicted octanol–water partition coefficient (Wildman–Crippen LogP) is 2.30. The van der Waals surface area contributed by atoms with Gasteiger partial charge in [0.15, 0.2) is 0 Å². The van der Waals surface area contributed by atoms with E-state index in [-0.39, 0.29) is 16.7 Å². The highest BCUT2D eigenvalue weighted by Crippen LogP contribution is 2.23. The van der Waals surface area contributed by atoms with Gasteiger partial charge in [-0.25, -0.2) is 0 Å². The molecule has 0 aromatic carbocycles. The van der Waals surface area contributed by atoms with Crippen LogP contribution in [0.5, 0.6) is 0 Å². The van der Waals surface area contributed by atoms with E-state index >= 15 is 0 Å². The minimum atomic E-state index is -0.350. The Morgan fingerprint density at radius 2 is 1.75 bits per heavy atom. The Hall–Kier alpha value is -0.570. The molecule has 96 valence electrons. The Kier molecular flexibility index (Phi) is 6.01. The van der Waals surface area contributed by atoms with Crippen molar-refractivity contribution in [3.05, 3.63) is 0 Å². The summed E-state index contributed by atoms with van der Waals surface area (Å²) in [5, 5.41) is 3.04. The van der Waals surface area contributed by atoms with E-state index in [9.17, 15) is 4.79 Å². The normalized spacial score (nSPS) is 12.6. The van der Waals surface area contributed by atoms with Crippen molar-refractivity contribution < 1.29 is 4.79 Å². The minimum absolute atomic E-state index is 0.113. The van der Waals surface area contributed by atoms with Gasteiger partial charge in [-0.1, -0.05) is 41.0 Å². The van der Waals surface area contributed by atoms with Crippen LogP contribution in [0.25, 0.3) is 0 Å². The summed E-state index contributed by atoms with van der Waals surface area (Å²) in [6, 6.07) is 0. The molecule has 0 fully saturated rings. The fraction of sp³-hybridized carbons (Fsp3) is 0.923. The minimum Gasteiger partial charge on any atom is -0.355 e. The van der Waals surface area contributed by atoms with Crippen molar-refractivity contribution in [1.29, 1.82) is 0 Å². The van der Waals surface area contributed by atoms with Gasteiger partial charge in [0.1, 0.15) is 0 Å². The summed E-state index contributed by atoms with van der Waals surface area (Å²) in [4.78, 5) is 11.9. The summed E-state index contributed by atoms with van der Waals surface area (Å²) >= 11 is 0. The number of carbonyl (C=O) groups is 1. The molecule has 0 saturated heterocycles. The standard InChI is InChI=1S/C13H28N2O/c1-6-7-12(2,3)10-15-11(16)13(4,5)8-9-14/h6-10,14H2,1-5H3,(H,15,16). The van der Waals surface area contributed by atoms with Crippen LogP contribution in [0.15, 0.2) is 0 Å². The van der Waals surface area contributed by atoms with E-state index in [1.165, 1.54) is 0 Å². The molecule has 3 heteroatoms. The van der Waals surface area contributed by atoms with E-state index in [1.807, 2.05) is 13.8 Å². The maximum atomic E-state index is 11.9. The van der Waals surface area contributed by atoms with Crippen LogP contribution in [0.3, 0.4) is 0 Å². The number of rotatable bonds is 7. The molecule has 0 aromatic rings. The monoisotopic (exact) mass is 228 g/mol. The molecule has 1 amide bonds. The highest BCUT2D eigenvalue weighted by Gasteiger charge is 2.28. The Morgan fingerprint density at radius 1 is 1.19 bits per heavy atom. The van der Waals surface area contributed by atoms with E-state index in [0.717, 1.165) is 25.8 Å². The Balaban J connectivity index is 4.16. The van der Waals surface area contributed by atoms with Crippen LogP contribution in [0.1, 0.15) is 53.9 Å². The number of carbonyl (C=O) groups excluding carboxylic acids is 1. The number of hydrogen-bond acceptors (Lipinski definition) is 2. The van der Waals surface area contributed by atoms with E-state index in [1.54, 1.807) is 0 Å². The first-order valence-corrected chi connectivity index (χ1v) is 6.23. The molecule has 0 aliphatic heterocycles. The zero-order valence-electron chi connectivity index (χ0n) is 11.5. The summed E-state index contributed by atoms with van der Waals surface area (Å²) in [7, 11) is 0. The van der Waals surface area contributed by atoms with Crippen LogP contribution in [-0.4, -0.2) is 19.0 Å². The molecule has 16 heavy (non-hydrogen) atoms. The van der Waals surface area contributed by atoms with Gasteiger partial charge in [0.25, 0.3) is 0 Å². The molecular weight excluding hydrogens is 200 g/mol. The van der Waals surface area contributed by atoms with Crippen LogP contribution >= 0.6 is 0 Å². The molecule has 3 N–H and O–H groups in total. The molecule has 0 saturated carbocycles. The number of hydrogen-bond donors (Lipinski definition) is 2. The summed E-state index contributed by atoms with van der Waals surface area (Å²) in [6.07, 6.45) is 3.01. The topological polar surface area (TPSA) is 55.1 Å². The van der Waals surface area contributed by atoms with E-state index in [2.05, 4.69) is 26.1 Å². The maximum absolute atomic E-state index is 11.9. The van der Waals surface area contributed by atoms with Gasteiger partial charge in [-0.15, -0.1) is 0 Å². The third-order valence-electron chi connectivity index (χ3n) is 3.04. The molecule has 0 unspecified atom stereocenters. The van der Waals surface area contributed by atoms with Crippen molar-refractivity contribution >= 4 is 5.91 Å². The Labute approximate surface area is 100 Å². The fourth-order valence-electron chi connectivity index (χ4n) is 1.80. The van der Waals surface area contributed by atoms with Crippen LogP contribution < -0.4 is 11.1 Å². The third kappa shape index (κ3) is 5.50. The van der Waals surface area contributed by atoms with Crippen molar-refractivity contribution in [3.63, 3.8) is 0 Å². The largest absolute Gasteiger partial charge is 0.355 e. The van der Waals surface area contributed by atoms with Gasteiger partial charge in [0, 0.05) is 12.0 Å². The van der Waals surface area contributed by atoms with Crippen molar-refractivity contribution in [1.82, 2.24) is 5.32 Å². The highest BCUT2D eigenvalue weighted by atomic mass is 16.2. The zero-order valence-corrected chi connectivity index (χ0v) is 11.5. The molecule has 0 spiro atoms. The first kappa shape index (κ1) is 15.4. The van der Waals surface area contributed by atoms with Crippen LogP contribution in [-0.2, 0) is 4.79 Å². The average molecular weight is 228 g/mol. The summed E-state index contributed by atoms with van der Waals surface area (Å²) in [5.41, 5.74) is 5.34. The summed E-state index contributed by atoms with van der Waals surface area (Å²) < 4.78 is 0. The number of nitrogens with two attached hydrogens (primary N) is 1. The van der Waals surface area contributed by atoms with Crippen LogP contribution in [0.2, 0.25) is 0 Å². The second kappa shape index (κ2) is 6.24. The molecular formula is C13H28N2O. The molecule has 0 radical (unpaired) electrons. The van der Waals surface area contributed by atoms with Gasteiger partial charge in [-0.05, 0) is 24.8 Å². The first-order valence-electron chi connectivity index (χ1n) is 6.23. The Bertz CT molecular complexity index is 222. The first-order chi connectivity index (χ1) is 7.25. The zero-order chi connectivity index (χ0) is 12.8. The van der Waals surface area contributed by atoms with Gasteiger partial charge in [-0.2, -0.15) is 0 Å². The van der Waals surface area contributed by atoms with Crippen LogP contribution in [0.4, 0.5) is 0 Å². The van der Waals surface area contributed by atoms with Crippen LogP contribution in [0, 0.1) is 10.8 Å². The molecule has 3 nitrogen and oxygen atoms in total. The molecule has 0 aliphatic carbocycles. The second-order valence-electron chi connectivity index (χ2n) is 6.02. The average Bonchev–Trinajstić information content (AvgIpc) is 2.14. The second-order valence-corrected chi connectivity index (χ2v) is 6.02. The van der Waals surface area contributed by atoms with Gasteiger partial charge in [0.2, 0.25) is 5.91 Å². The summed E-state index contributed by atoms with van der Waals surface area (Å²) in [6.45, 7) is 11.7. The quantitative estimate of drug-likeness (QED) is 0.702. The van der Waals surface area contributed by atoms with Crippen molar-refractivity contribution in [2.45, 2.75) is 53.9 Å². The molecule has 0 aliphatic rings. The third-order valence-corrected chi connectivity index (χ3v) is 3.04. The van der Waals surface area contributed by atoms with Gasteiger partial charge >= 0.3 is 0 Å². The Morgan fingerprint density at radius 3 is 2.19 bits per heavy atom. The molecule has 0 bridgehead atoms. The smallest absolute Gasteiger partial charge is 0.225 e. The summed E-state index contributed by atoms with van der Waals surface area (Å²) in [5.74, 6) is 0.113. The van der Waals surface area contributed by atoms with E-state index < -0.39 is 0 Å². The lowest BCUT2D eigenvalue weighted by molar-refractivity contribution is -0.130. The SMILES string of the molecule is CCCC(C)(C)CNC(=O)C(C)(C)CCN. The highest BCUT2D eigenvalue weighted by molar-refractivity contribution is 5.81. The van der Waals surface area contributed by atoms with E-state index in [0.29, 0.717) is 6.54 Å². The van der Waals surface area contributed by atoms with Crippen molar-refractivity contribution in [3.8, 4) is 0 Å². The lowest BCUT2D eigenvalue weighted by Gasteiger charge is -2.28. The predicted molar refractivity (Wildman–Crippen MR) is 69.2 cm³/mol. The van der Waals surface area contributed by atoms with Gasteiger partial charge in [0.05, 0.1) is 0 Å².